The van der Waals surface area contributed by atoms with Crippen molar-refractivity contribution in [1.29, 1.82) is 0 Å². The van der Waals surface area contributed by atoms with E-state index in [2.05, 4.69) is 10.3 Å². The number of rotatable bonds is 4. The molecule has 0 aliphatic heterocycles. The van der Waals surface area contributed by atoms with Gasteiger partial charge in [0.1, 0.15) is 18.2 Å². The number of nitrogens with zero attached hydrogens (tertiary/aromatic N) is 3. The van der Waals surface area contributed by atoms with E-state index in [9.17, 15) is 4.39 Å². The number of aryl methyl sites for hydroxylation is 1. The van der Waals surface area contributed by atoms with Crippen LogP contribution in [0, 0.1) is 5.82 Å². The molecule has 5 nitrogen and oxygen atoms in total. The van der Waals surface area contributed by atoms with Gasteiger partial charge < -0.3 is 9.94 Å². The number of hydrogen-bond acceptors (Lipinski definition) is 4. The molecule has 0 unspecified atom stereocenters. The molecule has 0 atom stereocenters. The molecule has 0 aliphatic carbocycles. The fourth-order valence-corrected chi connectivity index (χ4v) is 1.66. The van der Waals surface area contributed by atoms with Crippen LogP contribution in [0.3, 0.4) is 0 Å². The summed E-state index contributed by atoms with van der Waals surface area (Å²) >= 11 is 0. The van der Waals surface area contributed by atoms with Gasteiger partial charge in [0.05, 0.1) is 11.4 Å². The zero-order chi connectivity index (χ0) is 13.8. The lowest BCUT2D eigenvalue weighted by Gasteiger charge is -2.09. The zero-order valence-corrected chi connectivity index (χ0v) is 10.7. The maximum atomic E-state index is 13.2. The van der Waals surface area contributed by atoms with E-state index in [1.165, 1.54) is 18.2 Å². The first-order valence-corrected chi connectivity index (χ1v) is 5.70. The fourth-order valence-electron chi connectivity index (χ4n) is 1.66. The molecule has 1 aromatic carbocycles. The van der Waals surface area contributed by atoms with Gasteiger partial charge in [-0.25, -0.2) is 4.39 Å². The van der Waals surface area contributed by atoms with E-state index in [1.807, 2.05) is 6.07 Å². The van der Waals surface area contributed by atoms with Gasteiger partial charge in [0.2, 0.25) is 0 Å². The third-order valence-corrected chi connectivity index (χ3v) is 2.63. The Morgan fingerprint density at radius 1 is 1.47 bits per heavy atom. The van der Waals surface area contributed by atoms with E-state index in [-0.39, 0.29) is 6.61 Å². The summed E-state index contributed by atoms with van der Waals surface area (Å²) in [5, 5.41) is 16.1. The summed E-state index contributed by atoms with van der Waals surface area (Å²) in [5.74, 6) is -0.0912. The monoisotopic (exact) mass is 263 g/mol. The lowest BCUT2D eigenvalue weighted by molar-refractivity contribution is 0.296. The average Bonchev–Trinajstić information content (AvgIpc) is 2.81. The molecule has 0 fully saturated rings. The Morgan fingerprint density at radius 2 is 2.26 bits per heavy atom. The molecule has 0 bridgehead atoms. The van der Waals surface area contributed by atoms with Gasteiger partial charge in [0.25, 0.3) is 0 Å². The minimum atomic E-state index is -0.412. The number of oxime groups is 1. The Hall–Kier alpha value is -2.37. The molecule has 1 N–H and O–H groups in total. The number of ether oxygens (including phenoxy) is 1. The van der Waals surface area contributed by atoms with Crippen molar-refractivity contribution in [3.63, 3.8) is 0 Å². The van der Waals surface area contributed by atoms with Crippen LogP contribution in [0.1, 0.15) is 18.2 Å². The maximum absolute atomic E-state index is 13.2. The van der Waals surface area contributed by atoms with Crippen LogP contribution in [0.4, 0.5) is 4.39 Å². The van der Waals surface area contributed by atoms with Gasteiger partial charge in [-0.05, 0) is 25.1 Å². The van der Waals surface area contributed by atoms with Crippen molar-refractivity contribution < 1.29 is 14.3 Å². The molecule has 2 aromatic rings. The van der Waals surface area contributed by atoms with Gasteiger partial charge in [-0.2, -0.15) is 5.10 Å². The van der Waals surface area contributed by atoms with Gasteiger partial charge in [-0.3, -0.25) is 4.68 Å². The summed E-state index contributed by atoms with van der Waals surface area (Å²) in [5.41, 5.74) is 1.63. The van der Waals surface area contributed by atoms with Crippen LogP contribution in [0.2, 0.25) is 0 Å². The van der Waals surface area contributed by atoms with Crippen LogP contribution in [0.25, 0.3) is 0 Å². The first-order chi connectivity index (χ1) is 9.10. The summed E-state index contributed by atoms with van der Waals surface area (Å²) in [6.07, 6.45) is 1.80. The van der Waals surface area contributed by atoms with Gasteiger partial charge in [-0.1, -0.05) is 5.16 Å². The molecule has 0 aliphatic rings. The predicted molar refractivity (Wildman–Crippen MR) is 67.9 cm³/mol. The molecule has 0 spiro atoms. The molecule has 1 heterocycles. The highest BCUT2D eigenvalue weighted by atomic mass is 19.1. The Labute approximate surface area is 109 Å². The number of halogens is 1. The molecule has 2 rings (SSSR count). The molecule has 0 saturated carbocycles. The second-order valence-electron chi connectivity index (χ2n) is 4.10. The van der Waals surface area contributed by atoms with Crippen molar-refractivity contribution in [3.8, 4) is 5.75 Å². The Morgan fingerprint density at radius 3 is 2.89 bits per heavy atom. The lowest BCUT2D eigenvalue weighted by Crippen LogP contribution is -2.04. The van der Waals surface area contributed by atoms with Crippen molar-refractivity contribution >= 4 is 5.71 Å². The fraction of sp³-hybridized carbons (Fsp3) is 0.231. The standard InChI is InChI=1S/C13H14FN3O2/c1-9(16-18)12-4-3-10(14)7-13(12)19-8-11-5-6-17(2)15-11/h3-7,18H,8H2,1-2H3/b16-9-. The molecule has 6 heteroatoms. The third kappa shape index (κ3) is 3.09. The first-order valence-electron chi connectivity index (χ1n) is 5.70. The summed E-state index contributed by atoms with van der Waals surface area (Å²) in [4.78, 5) is 0. The van der Waals surface area contributed by atoms with Crippen LogP contribution in [0.5, 0.6) is 5.75 Å². The molecule has 0 amide bonds. The molecule has 1 aromatic heterocycles. The minimum Gasteiger partial charge on any atom is -0.486 e. The van der Waals surface area contributed by atoms with Crippen molar-refractivity contribution in [2.24, 2.45) is 12.2 Å². The first kappa shape index (κ1) is 13.1. The molecular formula is C13H14FN3O2. The minimum absolute atomic E-state index is 0.218. The highest BCUT2D eigenvalue weighted by Gasteiger charge is 2.10. The number of hydrogen-bond donors (Lipinski definition) is 1. The quantitative estimate of drug-likeness (QED) is 0.523. The Kier molecular flexibility index (Phi) is 3.79. The number of aromatic nitrogens is 2. The topological polar surface area (TPSA) is 59.6 Å². The molecule has 0 saturated heterocycles. The smallest absolute Gasteiger partial charge is 0.132 e. The molecule has 100 valence electrons. The van der Waals surface area contributed by atoms with E-state index in [1.54, 1.807) is 24.9 Å². The van der Waals surface area contributed by atoms with Crippen LogP contribution in [-0.2, 0) is 13.7 Å². The second-order valence-corrected chi connectivity index (χ2v) is 4.10. The highest BCUT2D eigenvalue weighted by Crippen LogP contribution is 2.21. The summed E-state index contributed by atoms with van der Waals surface area (Å²) in [6, 6.07) is 5.87. The van der Waals surface area contributed by atoms with Crippen LogP contribution in [-0.4, -0.2) is 20.7 Å². The van der Waals surface area contributed by atoms with Crippen LogP contribution >= 0.6 is 0 Å². The van der Waals surface area contributed by atoms with Gasteiger partial charge >= 0.3 is 0 Å². The third-order valence-electron chi connectivity index (χ3n) is 2.63. The molecule has 0 radical (unpaired) electrons. The second kappa shape index (κ2) is 5.51. The van der Waals surface area contributed by atoms with E-state index in [0.717, 1.165) is 5.69 Å². The van der Waals surface area contributed by atoms with E-state index < -0.39 is 5.82 Å². The normalized spacial score (nSPS) is 11.6. The number of benzene rings is 1. The van der Waals surface area contributed by atoms with E-state index in [0.29, 0.717) is 17.0 Å². The Balaban J connectivity index is 2.21. The molecular weight excluding hydrogens is 249 g/mol. The van der Waals surface area contributed by atoms with E-state index in [4.69, 9.17) is 9.94 Å². The average molecular weight is 263 g/mol. The maximum Gasteiger partial charge on any atom is 0.132 e. The van der Waals surface area contributed by atoms with Crippen molar-refractivity contribution in [2.45, 2.75) is 13.5 Å². The highest BCUT2D eigenvalue weighted by molar-refractivity contribution is 6.00. The predicted octanol–water partition coefficient (Wildman–Crippen LogP) is 2.34. The van der Waals surface area contributed by atoms with Crippen molar-refractivity contribution in [3.05, 3.63) is 47.5 Å². The van der Waals surface area contributed by atoms with Gasteiger partial charge in [0, 0.05) is 24.9 Å². The Bertz CT molecular complexity index is 608. The van der Waals surface area contributed by atoms with Gasteiger partial charge in [0.15, 0.2) is 0 Å². The zero-order valence-electron chi connectivity index (χ0n) is 10.7. The summed E-state index contributed by atoms with van der Waals surface area (Å²) in [6.45, 7) is 1.83. The summed E-state index contributed by atoms with van der Waals surface area (Å²) in [7, 11) is 1.81. The van der Waals surface area contributed by atoms with Crippen molar-refractivity contribution in [2.75, 3.05) is 0 Å². The lowest BCUT2D eigenvalue weighted by atomic mass is 10.1. The van der Waals surface area contributed by atoms with Crippen LogP contribution < -0.4 is 4.74 Å². The van der Waals surface area contributed by atoms with Crippen LogP contribution in [0.15, 0.2) is 35.6 Å². The summed E-state index contributed by atoms with van der Waals surface area (Å²) < 4.78 is 20.4. The SMILES string of the molecule is C/C(=N/O)c1ccc(F)cc1OCc1ccn(C)n1. The largest absolute Gasteiger partial charge is 0.486 e. The van der Waals surface area contributed by atoms with E-state index >= 15 is 0 Å². The molecule has 19 heavy (non-hydrogen) atoms. The van der Waals surface area contributed by atoms with Crippen molar-refractivity contribution in [1.82, 2.24) is 9.78 Å². The van der Waals surface area contributed by atoms with Gasteiger partial charge in [-0.15, -0.1) is 0 Å².